The number of aldehydes is 1. The molecule has 140 valence electrons. The van der Waals surface area contributed by atoms with Gasteiger partial charge in [-0.3, -0.25) is 4.79 Å². The molecule has 1 aromatic heterocycles. The number of carbonyl (C=O) groups excluding carboxylic acids is 2. The minimum absolute atomic E-state index is 0.0826. The number of ether oxygens (including phenoxy) is 1. The molecule has 0 radical (unpaired) electrons. The van der Waals surface area contributed by atoms with E-state index in [0.717, 1.165) is 0 Å². The van der Waals surface area contributed by atoms with E-state index >= 15 is 0 Å². The number of hydrogen-bond acceptors (Lipinski definition) is 5. The normalized spacial score (nSPS) is 11.2. The SMILES string of the molecule is O=CCNC(=O)c1ccc2nc(Nc3ccc(OC(F)(F)F)cc3)[nH]c2c1. The lowest BCUT2D eigenvalue weighted by atomic mass is 10.2. The first-order chi connectivity index (χ1) is 12.8. The lowest BCUT2D eigenvalue weighted by Gasteiger charge is -2.09. The van der Waals surface area contributed by atoms with Crippen molar-refractivity contribution in [1.29, 1.82) is 0 Å². The van der Waals surface area contributed by atoms with Crippen LogP contribution in [0.3, 0.4) is 0 Å². The van der Waals surface area contributed by atoms with Gasteiger partial charge in [0.1, 0.15) is 12.0 Å². The Labute approximate surface area is 150 Å². The fourth-order valence-electron chi connectivity index (χ4n) is 2.32. The van der Waals surface area contributed by atoms with Crippen molar-refractivity contribution in [1.82, 2.24) is 15.3 Å². The molecule has 0 unspecified atom stereocenters. The van der Waals surface area contributed by atoms with Crippen LogP contribution < -0.4 is 15.4 Å². The summed E-state index contributed by atoms with van der Waals surface area (Å²) in [6.45, 7) is -0.0826. The number of anilines is 2. The summed E-state index contributed by atoms with van der Waals surface area (Å²) in [5, 5.41) is 5.35. The molecule has 0 aliphatic carbocycles. The molecule has 2 aromatic carbocycles. The van der Waals surface area contributed by atoms with Crippen molar-refractivity contribution in [2.75, 3.05) is 11.9 Å². The number of amides is 1. The molecule has 0 saturated heterocycles. The van der Waals surface area contributed by atoms with Gasteiger partial charge in [-0.2, -0.15) is 0 Å². The highest BCUT2D eigenvalue weighted by atomic mass is 19.4. The Bertz CT molecular complexity index is 968. The molecule has 0 atom stereocenters. The highest BCUT2D eigenvalue weighted by Crippen LogP contribution is 2.25. The third-order valence-electron chi connectivity index (χ3n) is 3.44. The van der Waals surface area contributed by atoms with E-state index in [-0.39, 0.29) is 12.3 Å². The molecule has 0 aliphatic heterocycles. The summed E-state index contributed by atoms with van der Waals surface area (Å²) in [4.78, 5) is 29.4. The largest absolute Gasteiger partial charge is 0.573 e. The van der Waals surface area contributed by atoms with Crippen LogP contribution in [0.4, 0.5) is 24.8 Å². The maximum Gasteiger partial charge on any atom is 0.573 e. The van der Waals surface area contributed by atoms with Gasteiger partial charge in [-0.15, -0.1) is 13.2 Å². The Morgan fingerprint density at radius 2 is 1.93 bits per heavy atom. The minimum atomic E-state index is -4.75. The third-order valence-corrected chi connectivity index (χ3v) is 3.44. The quantitative estimate of drug-likeness (QED) is 0.573. The molecule has 0 saturated carbocycles. The van der Waals surface area contributed by atoms with Crippen LogP contribution in [0.25, 0.3) is 11.0 Å². The Morgan fingerprint density at radius 1 is 1.19 bits per heavy atom. The van der Waals surface area contributed by atoms with Crippen molar-refractivity contribution in [2.24, 2.45) is 0 Å². The van der Waals surface area contributed by atoms with E-state index in [4.69, 9.17) is 0 Å². The Hall–Kier alpha value is -3.56. The lowest BCUT2D eigenvalue weighted by Crippen LogP contribution is -2.24. The predicted octanol–water partition coefficient (Wildman–Crippen LogP) is 3.13. The Morgan fingerprint density at radius 3 is 2.59 bits per heavy atom. The molecule has 3 rings (SSSR count). The minimum Gasteiger partial charge on any atom is -0.406 e. The van der Waals surface area contributed by atoms with E-state index in [1.54, 1.807) is 18.2 Å². The number of nitrogens with one attached hydrogen (secondary N) is 3. The molecule has 0 spiro atoms. The number of H-pyrrole nitrogens is 1. The smallest absolute Gasteiger partial charge is 0.406 e. The molecular weight excluding hydrogens is 365 g/mol. The van der Waals surface area contributed by atoms with E-state index in [9.17, 15) is 22.8 Å². The summed E-state index contributed by atoms with van der Waals surface area (Å²) in [6, 6.07) is 9.94. The van der Waals surface area contributed by atoms with E-state index in [2.05, 4.69) is 25.3 Å². The van der Waals surface area contributed by atoms with Crippen LogP contribution in [0.2, 0.25) is 0 Å². The van der Waals surface area contributed by atoms with Crippen molar-refractivity contribution in [3.8, 4) is 5.75 Å². The van der Waals surface area contributed by atoms with Crippen molar-refractivity contribution >= 4 is 34.9 Å². The van der Waals surface area contributed by atoms with Gasteiger partial charge in [0.05, 0.1) is 17.6 Å². The van der Waals surface area contributed by atoms with Gasteiger partial charge in [-0.05, 0) is 42.5 Å². The summed E-state index contributed by atoms with van der Waals surface area (Å²) >= 11 is 0. The first kappa shape index (κ1) is 18.2. The maximum absolute atomic E-state index is 12.2. The first-order valence-electron chi connectivity index (χ1n) is 7.68. The van der Waals surface area contributed by atoms with E-state index in [0.29, 0.717) is 34.5 Å². The number of imidazole rings is 1. The molecule has 1 amide bonds. The second-order valence-electron chi connectivity index (χ2n) is 5.39. The number of carbonyl (C=O) groups is 2. The molecule has 3 N–H and O–H groups in total. The van der Waals surface area contributed by atoms with Gasteiger partial charge in [0.2, 0.25) is 5.95 Å². The van der Waals surface area contributed by atoms with Gasteiger partial charge in [-0.25, -0.2) is 4.98 Å². The van der Waals surface area contributed by atoms with Crippen molar-refractivity contribution in [3.63, 3.8) is 0 Å². The number of alkyl halides is 3. The molecule has 7 nitrogen and oxygen atoms in total. The zero-order valence-electron chi connectivity index (χ0n) is 13.6. The number of aromatic amines is 1. The van der Waals surface area contributed by atoms with Crippen LogP contribution >= 0.6 is 0 Å². The number of nitrogens with zero attached hydrogens (tertiary/aromatic N) is 1. The highest BCUT2D eigenvalue weighted by Gasteiger charge is 2.30. The van der Waals surface area contributed by atoms with Crippen LogP contribution in [-0.4, -0.2) is 35.1 Å². The summed E-state index contributed by atoms with van der Waals surface area (Å²) in [5.74, 6) is -0.378. The number of hydrogen-bond donors (Lipinski definition) is 3. The van der Waals surface area contributed by atoms with Gasteiger partial charge < -0.3 is 25.1 Å². The molecule has 10 heteroatoms. The second kappa shape index (κ2) is 7.36. The van der Waals surface area contributed by atoms with E-state index in [1.165, 1.54) is 24.3 Å². The summed E-state index contributed by atoms with van der Waals surface area (Å²) in [6.07, 6.45) is -4.16. The fraction of sp³-hybridized carbons (Fsp3) is 0.118. The number of rotatable bonds is 6. The number of benzene rings is 2. The van der Waals surface area contributed by atoms with Gasteiger partial charge >= 0.3 is 6.36 Å². The summed E-state index contributed by atoms with van der Waals surface area (Å²) in [7, 11) is 0. The van der Waals surface area contributed by atoms with Crippen LogP contribution in [0, 0.1) is 0 Å². The molecule has 0 fully saturated rings. The maximum atomic E-state index is 12.2. The average molecular weight is 378 g/mol. The summed E-state index contributed by atoms with van der Waals surface area (Å²) < 4.78 is 40.3. The van der Waals surface area contributed by atoms with Crippen LogP contribution in [0.1, 0.15) is 10.4 Å². The third kappa shape index (κ3) is 4.75. The summed E-state index contributed by atoms with van der Waals surface area (Å²) in [5.41, 5.74) is 2.01. The van der Waals surface area contributed by atoms with Gasteiger partial charge in [0.15, 0.2) is 0 Å². The van der Waals surface area contributed by atoms with Crippen LogP contribution in [0.5, 0.6) is 5.75 Å². The highest BCUT2D eigenvalue weighted by molar-refractivity contribution is 5.98. The van der Waals surface area contributed by atoms with E-state index in [1.807, 2.05) is 0 Å². The molecule has 0 aliphatic rings. The Kier molecular flexibility index (Phi) is 4.97. The van der Waals surface area contributed by atoms with Gasteiger partial charge in [0.25, 0.3) is 5.91 Å². The monoisotopic (exact) mass is 378 g/mol. The number of halogens is 3. The molecular formula is C17H13F3N4O3. The van der Waals surface area contributed by atoms with Crippen molar-refractivity contribution in [3.05, 3.63) is 48.0 Å². The van der Waals surface area contributed by atoms with Gasteiger partial charge in [-0.1, -0.05) is 0 Å². The van der Waals surface area contributed by atoms with Gasteiger partial charge in [0, 0.05) is 11.3 Å². The topological polar surface area (TPSA) is 96.1 Å². The average Bonchev–Trinajstić information content (AvgIpc) is 3.01. The zero-order valence-corrected chi connectivity index (χ0v) is 13.6. The predicted molar refractivity (Wildman–Crippen MR) is 90.9 cm³/mol. The first-order valence-corrected chi connectivity index (χ1v) is 7.68. The standard InChI is InChI=1S/C17H13F3N4O3/c18-17(19,20)27-12-4-2-11(3-5-12)22-16-23-13-6-1-10(9-14(13)24-16)15(26)21-7-8-25/h1-6,8-9H,7H2,(H,21,26)(H2,22,23,24). The number of fused-ring (bicyclic) bond motifs is 1. The van der Waals surface area contributed by atoms with Crippen LogP contribution in [-0.2, 0) is 4.79 Å². The zero-order chi connectivity index (χ0) is 19.4. The number of aromatic nitrogens is 2. The molecule has 0 bridgehead atoms. The van der Waals surface area contributed by atoms with Crippen molar-refractivity contribution < 1.29 is 27.5 Å². The lowest BCUT2D eigenvalue weighted by molar-refractivity contribution is -0.274. The van der Waals surface area contributed by atoms with Crippen molar-refractivity contribution in [2.45, 2.75) is 6.36 Å². The second-order valence-corrected chi connectivity index (χ2v) is 5.39. The Balaban J connectivity index is 1.73. The fourth-order valence-corrected chi connectivity index (χ4v) is 2.32. The van der Waals surface area contributed by atoms with Crippen LogP contribution in [0.15, 0.2) is 42.5 Å². The molecule has 1 heterocycles. The van der Waals surface area contributed by atoms with E-state index < -0.39 is 12.3 Å². The molecule has 27 heavy (non-hydrogen) atoms. The molecule has 3 aromatic rings.